The van der Waals surface area contributed by atoms with E-state index in [9.17, 15) is 18.0 Å². The van der Waals surface area contributed by atoms with Gasteiger partial charge in [0.2, 0.25) is 5.82 Å². The smallest absolute Gasteiger partial charge is 0.444 e. The third-order valence-corrected chi connectivity index (χ3v) is 10.1. The lowest BCUT2D eigenvalue weighted by molar-refractivity contribution is -0.145. The molecule has 2 aromatic heterocycles. The van der Waals surface area contributed by atoms with Gasteiger partial charge in [-0.05, 0) is 57.4 Å². The van der Waals surface area contributed by atoms with Crippen LogP contribution in [0.15, 0.2) is 12.3 Å². The highest BCUT2D eigenvalue weighted by Crippen LogP contribution is 2.55. The van der Waals surface area contributed by atoms with E-state index < -0.39 is 17.6 Å². The van der Waals surface area contributed by atoms with Crippen LogP contribution in [0, 0.1) is 18.3 Å². The van der Waals surface area contributed by atoms with Crippen molar-refractivity contribution in [3.05, 3.63) is 35.0 Å². The zero-order valence-electron chi connectivity index (χ0n) is 28.5. The standard InChI is InChI=1S/C33H50F3N7O3/c1-21-19-37-43(15-16-45-8)28(21)23-9-10-42(20-22(23)2)27-18-25(38-29(39-27)33(34,35)36)24-17-26(32(24,6)7)40-11-13-41(14-12-40)30(44)46-31(3,4)5/h18-19,22-24,26H,9-17,20H2,1-8H3/t22-,23-,24?,26?/m1/s1. The van der Waals surface area contributed by atoms with Gasteiger partial charge < -0.3 is 19.3 Å². The Labute approximate surface area is 270 Å². The molecule has 256 valence electrons. The van der Waals surface area contributed by atoms with Crippen molar-refractivity contribution in [2.24, 2.45) is 11.3 Å². The molecule has 1 saturated carbocycles. The molecule has 0 bridgehead atoms. The number of halogens is 3. The van der Waals surface area contributed by atoms with Gasteiger partial charge in [0.15, 0.2) is 0 Å². The Hall–Kier alpha value is -2.93. The van der Waals surface area contributed by atoms with Gasteiger partial charge in [-0.2, -0.15) is 18.3 Å². The Balaban J connectivity index is 1.30. The molecule has 2 saturated heterocycles. The SMILES string of the molecule is COCCn1ncc(C)c1[C@@H]1CCN(c2cc(C3CC(N4CCN(C(=O)OC(C)(C)C)CC4)C3(C)C)nc(C(F)(F)F)n2)C[C@H]1C. The fraction of sp³-hybridized carbons (Fsp3) is 0.758. The number of carbonyl (C=O) groups is 1. The maximum atomic E-state index is 14.2. The van der Waals surface area contributed by atoms with E-state index in [0.717, 1.165) is 12.0 Å². The molecule has 5 rings (SSSR count). The van der Waals surface area contributed by atoms with Crippen molar-refractivity contribution in [2.75, 3.05) is 57.9 Å². The Kier molecular flexibility index (Phi) is 9.67. The summed E-state index contributed by atoms with van der Waals surface area (Å²) in [4.78, 5) is 26.8. The summed E-state index contributed by atoms with van der Waals surface area (Å²) < 4.78 is 55.3. The van der Waals surface area contributed by atoms with Crippen LogP contribution < -0.4 is 4.90 Å². The summed E-state index contributed by atoms with van der Waals surface area (Å²) in [6, 6.07) is 1.97. The van der Waals surface area contributed by atoms with Crippen LogP contribution >= 0.6 is 0 Å². The number of anilines is 1. The first-order valence-corrected chi connectivity index (χ1v) is 16.4. The van der Waals surface area contributed by atoms with Crippen molar-refractivity contribution in [2.45, 2.75) is 97.5 Å². The molecule has 1 aliphatic carbocycles. The van der Waals surface area contributed by atoms with E-state index in [2.05, 4.69) is 47.7 Å². The largest absolute Gasteiger partial charge is 0.451 e. The number of methoxy groups -OCH3 is 1. The van der Waals surface area contributed by atoms with Crippen molar-refractivity contribution in [3.63, 3.8) is 0 Å². The van der Waals surface area contributed by atoms with Crippen LogP contribution in [-0.2, 0) is 22.2 Å². The molecule has 0 spiro atoms. The van der Waals surface area contributed by atoms with E-state index in [4.69, 9.17) is 9.47 Å². The van der Waals surface area contributed by atoms with Gasteiger partial charge in [-0.1, -0.05) is 20.8 Å². The van der Waals surface area contributed by atoms with Gasteiger partial charge >= 0.3 is 12.3 Å². The molecule has 4 atom stereocenters. The highest BCUT2D eigenvalue weighted by molar-refractivity contribution is 5.68. The lowest BCUT2D eigenvalue weighted by atomic mass is 9.56. The van der Waals surface area contributed by atoms with Gasteiger partial charge in [-0.25, -0.2) is 14.8 Å². The van der Waals surface area contributed by atoms with Crippen LogP contribution in [0.5, 0.6) is 0 Å². The first-order chi connectivity index (χ1) is 21.5. The summed E-state index contributed by atoms with van der Waals surface area (Å²) >= 11 is 0. The van der Waals surface area contributed by atoms with E-state index in [1.165, 1.54) is 5.69 Å². The van der Waals surface area contributed by atoms with Crippen molar-refractivity contribution >= 4 is 11.9 Å². The number of hydrogen-bond acceptors (Lipinski definition) is 8. The summed E-state index contributed by atoms with van der Waals surface area (Å²) in [7, 11) is 1.67. The lowest BCUT2D eigenvalue weighted by Gasteiger charge is -2.57. The first-order valence-electron chi connectivity index (χ1n) is 16.4. The molecule has 2 unspecified atom stereocenters. The number of aryl methyl sites for hydroxylation is 1. The molecule has 13 heteroatoms. The molecular formula is C33H50F3N7O3. The van der Waals surface area contributed by atoms with E-state index in [0.29, 0.717) is 70.4 Å². The summed E-state index contributed by atoms with van der Waals surface area (Å²) in [6.07, 6.45) is -1.59. The number of aromatic nitrogens is 4. The molecule has 3 fully saturated rings. The predicted octanol–water partition coefficient (Wildman–Crippen LogP) is 5.71. The average Bonchev–Trinajstić information content (AvgIpc) is 3.33. The second-order valence-corrected chi connectivity index (χ2v) is 14.8. The third kappa shape index (κ3) is 7.14. The molecule has 2 aromatic rings. The van der Waals surface area contributed by atoms with E-state index in [1.807, 2.05) is 36.5 Å². The van der Waals surface area contributed by atoms with Gasteiger partial charge in [0, 0.05) is 76.0 Å². The van der Waals surface area contributed by atoms with E-state index in [-0.39, 0.29) is 35.3 Å². The van der Waals surface area contributed by atoms with Crippen LogP contribution in [0.3, 0.4) is 0 Å². The zero-order chi connectivity index (χ0) is 33.6. The number of nitrogens with zero attached hydrogens (tertiary/aromatic N) is 7. The Morgan fingerprint density at radius 1 is 1.09 bits per heavy atom. The number of ether oxygens (including phenoxy) is 2. The Morgan fingerprint density at radius 2 is 1.78 bits per heavy atom. The van der Waals surface area contributed by atoms with Gasteiger partial charge in [-0.3, -0.25) is 9.58 Å². The normalized spacial score (nSPS) is 25.8. The highest BCUT2D eigenvalue weighted by atomic mass is 19.4. The minimum atomic E-state index is -4.65. The number of carbonyl (C=O) groups excluding carboxylic acids is 1. The summed E-state index contributed by atoms with van der Waals surface area (Å²) in [6.45, 7) is 18.9. The molecule has 2 aliphatic heterocycles. The molecule has 3 aliphatic rings. The van der Waals surface area contributed by atoms with Crippen LogP contribution in [-0.4, -0.2) is 100 Å². The molecular weight excluding hydrogens is 599 g/mol. The Bertz CT molecular complexity index is 1380. The molecule has 46 heavy (non-hydrogen) atoms. The van der Waals surface area contributed by atoms with Crippen molar-refractivity contribution in [1.29, 1.82) is 0 Å². The van der Waals surface area contributed by atoms with Crippen molar-refractivity contribution < 1.29 is 27.4 Å². The highest BCUT2D eigenvalue weighted by Gasteiger charge is 2.53. The van der Waals surface area contributed by atoms with E-state index in [1.54, 1.807) is 18.1 Å². The molecule has 0 radical (unpaired) electrons. The van der Waals surface area contributed by atoms with Crippen LogP contribution in [0.1, 0.15) is 89.0 Å². The second kappa shape index (κ2) is 12.9. The molecule has 0 N–H and O–H groups in total. The topological polar surface area (TPSA) is 88.9 Å². The lowest BCUT2D eigenvalue weighted by Crippen LogP contribution is -2.62. The number of hydrogen-bond donors (Lipinski definition) is 0. The van der Waals surface area contributed by atoms with Crippen LogP contribution in [0.25, 0.3) is 0 Å². The molecule has 0 aromatic carbocycles. The second-order valence-electron chi connectivity index (χ2n) is 14.8. The quantitative estimate of drug-likeness (QED) is 0.377. The minimum absolute atomic E-state index is 0.142. The Morgan fingerprint density at radius 3 is 2.37 bits per heavy atom. The van der Waals surface area contributed by atoms with Crippen LogP contribution in [0.4, 0.5) is 23.8 Å². The van der Waals surface area contributed by atoms with Gasteiger partial charge in [0.05, 0.1) is 25.0 Å². The predicted molar refractivity (Wildman–Crippen MR) is 169 cm³/mol. The number of rotatable bonds is 7. The monoisotopic (exact) mass is 649 g/mol. The molecule has 10 nitrogen and oxygen atoms in total. The maximum absolute atomic E-state index is 14.2. The van der Waals surface area contributed by atoms with E-state index >= 15 is 0 Å². The van der Waals surface area contributed by atoms with Gasteiger partial charge in [0.1, 0.15) is 11.4 Å². The summed E-state index contributed by atoms with van der Waals surface area (Å²) in [5, 5.41) is 4.55. The number of alkyl halides is 3. The fourth-order valence-electron chi connectivity index (χ4n) is 7.57. The average molecular weight is 650 g/mol. The molecule has 4 heterocycles. The minimum Gasteiger partial charge on any atom is -0.444 e. The van der Waals surface area contributed by atoms with Gasteiger partial charge in [0.25, 0.3) is 0 Å². The zero-order valence-corrected chi connectivity index (χ0v) is 28.5. The number of piperazine rings is 1. The van der Waals surface area contributed by atoms with Gasteiger partial charge in [-0.15, -0.1) is 0 Å². The van der Waals surface area contributed by atoms with Crippen molar-refractivity contribution in [3.8, 4) is 0 Å². The summed E-state index contributed by atoms with van der Waals surface area (Å²) in [5.41, 5.74) is 1.90. The van der Waals surface area contributed by atoms with Crippen molar-refractivity contribution in [1.82, 2.24) is 29.5 Å². The number of amides is 1. The molecule has 1 amide bonds. The summed E-state index contributed by atoms with van der Waals surface area (Å²) in [5.74, 6) is -0.453. The maximum Gasteiger partial charge on any atom is 0.451 e. The first kappa shape index (κ1) is 34.4. The number of piperidine rings is 1. The third-order valence-electron chi connectivity index (χ3n) is 10.1. The van der Waals surface area contributed by atoms with Crippen LogP contribution in [0.2, 0.25) is 0 Å². The fourth-order valence-corrected chi connectivity index (χ4v) is 7.57.